The van der Waals surface area contributed by atoms with Gasteiger partial charge in [-0.25, -0.2) is 0 Å². The molecule has 0 aliphatic rings. The molecule has 0 rings (SSSR count). The van der Waals surface area contributed by atoms with Crippen LogP contribution in [0.2, 0.25) is 0 Å². The molecule has 6 nitrogen and oxygen atoms in total. The molecule has 0 amide bonds. The van der Waals surface area contributed by atoms with Crippen molar-refractivity contribution >= 4 is 17.9 Å². The minimum atomic E-state index is -0.797. The predicted octanol–water partition coefficient (Wildman–Crippen LogP) is 23.0. The van der Waals surface area contributed by atoms with E-state index in [-0.39, 0.29) is 31.1 Å². The van der Waals surface area contributed by atoms with Crippen LogP contribution in [0.3, 0.4) is 0 Å². The molecule has 452 valence electrons. The third-order valence-corrected chi connectivity index (χ3v) is 14.2. The molecule has 1 atom stereocenters. The van der Waals surface area contributed by atoms with Crippen molar-refractivity contribution in [3.05, 3.63) is 109 Å². The minimum Gasteiger partial charge on any atom is -0.462 e. The molecule has 0 saturated carbocycles. The second kappa shape index (κ2) is 66.6. The Morgan fingerprint density at radius 3 is 0.785 bits per heavy atom. The van der Waals surface area contributed by atoms with Crippen LogP contribution in [0.4, 0.5) is 0 Å². The number of hydrogen-bond donors (Lipinski definition) is 0. The highest BCUT2D eigenvalue weighted by atomic mass is 16.6. The number of esters is 3. The van der Waals surface area contributed by atoms with Crippen LogP contribution < -0.4 is 0 Å². The van der Waals surface area contributed by atoms with E-state index in [1.165, 1.54) is 154 Å². The van der Waals surface area contributed by atoms with E-state index in [4.69, 9.17) is 14.2 Å². The second-order valence-corrected chi connectivity index (χ2v) is 22.0. The first-order valence-corrected chi connectivity index (χ1v) is 33.4. The van der Waals surface area contributed by atoms with Crippen LogP contribution in [0, 0.1) is 0 Å². The van der Waals surface area contributed by atoms with Gasteiger partial charge in [0.15, 0.2) is 6.10 Å². The van der Waals surface area contributed by atoms with E-state index in [1.54, 1.807) is 0 Å². The van der Waals surface area contributed by atoms with Gasteiger partial charge in [-0.3, -0.25) is 14.4 Å². The number of unbranched alkanes of at least 4 members (excludes halogenated alkanes) is 31. The Hall–Kier alpha value is -3.93. The summed E-state index contributed by atoms with van der Waals surface area (Å²) in [5.74, 6) is -0.924. The van der Waals surface area contributed by atoms with E-state index in [2.05, 4.69) is 130 Å². The zero-order valence-electron chi connectivity index (χ0n) is 51.9. The summed E-state index contributed by atoms with van der Waals surface area (Å²) in [4.78, 5) is 38.3. The molecule has 0 heterocycles. The third-order valence-electron chi connectivity index (χ3n) is 14.2. The predicted molar refractivity (Wildman–Crippen MR) is 343 cm³/mol. The van der Waals surface area contributed by atoms with Crippen molar-refractivity contribution in [2.24, 2.45) is 0 Å². The molecule has 0 saturated heterocycles. The van der Waals surface area contributed by atoms with Crippen molar-refractivity contribution in [2.45, 2.75) is 322 Å². The normalized spacial score (nSPS) is 12.8. The molecular formula is C73H124O6. The molecule has 0 aliphatic heterocycles. The number of carbonyl (C=O) groups excluding carboxylic acids is 3. The summed E-state index contributed by atoms with van der Waals surface area (Å²) in [6, 6.07) is 0. The van der Waals surface area contributed by atoms with Gasteiger partial charge < -0.3 is 14.2 Å². The maximum absolute atomic E-state index is 12.9. The molecule has 6 heteroatoms. The summed E-state index contributed by atoms with van der Waals surface area (Å²) in [5.41, 5.74) is 0. The third kappa shape index (κ3) is 64.8. The second-order valence-electron chi connectivity index (χ2n) is 22.0. The van der Waals surface area contributed by atoms with E-state index in [0.717, 1.165) is 122 Å². The fourth-order valence-corrected chi connectivity index (χ4v) is 9.30. The van der Waals surface area contributed by atoms with E-state index in [0.29, 0.717) is 19.3 Å². The fraction of sp³-hybridized carbons (Fsp3) is 0.712. The van der Waals surface area contributed by atoms with Crippen molar-refractivity contribution in [1.82, 2.24) is 0 Å². The van der Waals surface area contributed by atoms with Crippen molar-refractivity contribution in [2.75, 3.05) is 13.2 Å². The largest absolute Gasteiger partial charge is 0.462 e. The van der Waals surface area contributed by atoms with Crippen molar-refractivity contribution < 1.29 is 28.6 Å². The van der Waals surface area contributed by atoms with Crippen LogP contribution in [0.25, 0.3) is 0 Å². The average molecular weight is 1100 g/mol. The maximum Gasteiger partial charge on any atom is 0.306 e. The van der Waals surface area contributed by atoms with E-state index >= 15 is 0 Å². The lowest BCUT2D eigenvalue weighted by molar-refractivity contribution is -0.167. The molecule has 0 aromatic heterocycles. The van der Waals surface area contributed by atoms with Gasteiger partial charge in [-0.05, 0) is 122 Å². The van der Waals surface area contributed by atoms with Gasteiger partial charge in [-0.2, -0.15) is 0 Å². The highest BCUT2D eigenvalue weighted by Gasteiger charge is 2.19. The maximum atomic E-state index is 12.9. The van der Waals surface area contributed by atoms with Crippen molar-refractivity contribution in [1.29, 1.82) is 0 Å². The monoisotopic (exact) mass is 1100 g/mol. The molecule has 1 unspecified atom stereocenters. The van der Waals surface area contributed by atoms with Gasteiger partial charge in [-0.15, -0.1) is 0 Å². The molecule has 0 bridgehead atoms. The van der Waals surface area contributed by atoms with E-state index < -0.39 is 6.10 Å². The van der Waals surface area contributed by atoms with Crippen LogP contribution in [0.5, 0.6) is 0 Å². The van der Waals surface area contributed by atoms with Gasteiger partial charge in [0.2, 0.25) is 0 Å². The smallest absolute Gasteiger partial charge is 0.306 e. The Labute approximate surface area is 489 Å². The SMILES string of the molecule is CC/C=C\C/C=C\C/C=C\CCCCCCCCCC(=O)OC(COC(=O)CCCCC/C=C\C/C=C\C/C=C\CC)COC(=O)CCCCCCCCCCCCCCCCCC/C=C\C/C=C\C/C=C\CCCCCCC. The molecule has 0 aromatic carbocycles. The van der Waals surface area contributed by atoms with Crippen LogP contribution in [0.15, 0.2) is 109 Å². The van der Waals surface area contributed by atoms with Gasteiger partial charge in [0, 0.05) is 19.3 Å². The summed E-state index contributed by atoms with van der Waals surface area (Å²) >= 11 is 0. The first-order valence-electron chi connectivity index (χ1n) is 33.4. The van der Waals surface area contributed by atoms with Crippen molar-refractivity contribution in [3.63, 3.8) is 0 Å². The lowest BCUT2D eigenvalue weighted by atomic mass is 10.0. The zero-order valence-corrected chi connectivity index (χ0v) is 51.9. The number of ether oxygens (including phenoxy) is 3. The lowest BCUT2D eigenvalue weighted by Gasteiger charge is -2.18. The molecule has 79 heavy (non-hydrogen) atoms. The molecule has 0 fully saturated rings. The number of carbonyl (C=O) groups is 3. The molecule has 0 aliphatic carbocycles. The van der Waals surface area contributed by atoms with E-state index in [9.17, 15) is 14.4 Å². The van der Waals surface area contributed by atoms with Crippen molar-refractivity contribution in [3.8, 4) is 0 Å². The summed E-state index contributed by atoms with van der Waals surface area (Å²) in [6.45, 7) is 6.39. The highest BCUT2D eigenvalue weighted by molar-refractivity contribution is 5.71. The highest BCUT2D eigenvalue weighted by Crippen LogP contribution is 2.17. The van der Waals surface area contributed by atoms with Gasteiger partial charge in [0.1, 0.15) is 13.2 Å². The topological polar surface area (TPSA) is 78.9 Å². The summed E-state index contributed by atoms with van der Waals surface area (Å²) < 4.78 is 16.9. The first kappa shape index (κ1) is 75.1. The Balaban J connectivity index is 4.23. The van der Waals surface area contributed by atoms with Gasteiger partial charge in [0.05, 0.1) is 0 Å². The van der Waals surface area contributed by atoms with Crippen LogP contribution in [0.1, 0.15) is 316 Å². The summed E-state index contributed by atoms with van der Waals surface area (Å²) in [7, 11) is 0. The quantitative estimate of drug-likeness (QED) is 0.0261. The van der Waals surface area contributed by atoms with Gasteiger partial charge in [-0.1, -0.05) is 284 Å². The molecule has 0 aromatic rings. The zero-order chi connectivity index (χ0) is 57.1. The summed E-state index contributed by atoms with van der Waals surface area (Å²) in [5, 5.41) is 0. The van der Waals surface area contributed by atoms with Gasteiger partial charge in [0.25, 0.3) is 0 Å². The molecule has 0 radical (unpaired) electrons. The van der Waals surface area contributed by atoms with E-state index in [1.807, 2.05) is 0 Å². The average Bonchev–Trinajstić information content (AvgIpc) is 3.45. The standard InChI is InChI=1S/C73H124O6/c1-4-7-10-13-16-19-22-25-27-29-30-31-32-33-34-35-36-37-38-39-40-41-42-44-45-48-51-54-57-60-63-66-72(75)78-69-70(68-77-71(74)65-62-59-56-53-50-47-24-21-18-15-12-9-6-3)79-73(76)67-64-61-58-55-52-49-46-43-28-26-23-20-17-14-11-8-5-2/h8-9,11-12,17-18,20-22,25-26,28-30,32-33,47,50,70H,4-7,10,13-16,19,23-24,27,31,34-46,48-49,51-69H2,1-3H3/b11-8-,12-9-,20-17-,21-18-,25-22-,28-26-,30-29-,33-32-,50-47-. The first-order chi connectivity index (χ1) is 39.0. The van der Waals surface area contributed by atoms with Crippen LogP contribution in [-0.4, -0.2) is 37.2 Å². The lowest BCUT2D eigenvalue weighted by Crippen LogP contribution is -2.30. The molecular weight excluding hydrogens is 973 g/mol. The van der Waals surface area contributed by atoms with Crippen LogP contribution in [-0.2, 0) is 28.6 Å². The molecule has 0 N–H and O–H groups in total. The van der Waals surface area contributed by atoms with Crippen LogP contribution >= 0.6 is 0 Å². The number of hydrogen-bond acceptors (Lipinski definition) is 6. The fourth-order valence-electron chi connectivity index (χ4n) is 9.30. The Kier molecular flexibility index (Phi) is 63.3. The Morgan fingerprint density at radius 1 is 0.266 bits per heavy atom. The summed E-state index contributed by atoms with van der Waals surface area (Å²) in [6.07, 6.45) is 91.2. The number of allylic oxidation sites excluding steroid dienone is 18. The number of rotatable bonds is 60. The Bertz CT molecular complexity index is 1590. The minimum absolute atomic E-state index is 0.0911. The van der Waals surface area contributed by atoms with Gasteiger partial charge >= 0.3 is 17.9 Å². The Morgan fingerprint density at radius 2 is 0.494 bits per heavy atom. The molecule has 0 spiro atoms.